The Morgan fingerprint density at radius 1 is 1.57 bits per heavy atom. The molecule has 0 atom stereocenters. The van der Waals surface area contributed by atoms with Crippen molar-refractivity contribution in [3.05, 3.63) is 12.7 Å². The zero-order valence-corrected chi connectivity index (χ0v) is 4.68. The van der Waals surface area contributed by atoms with Crippen molar-refractivity contribution in [2.75, 3.05) is 14.2 Å². The van der Waals surface area contributed by atoms with E-state index >= 15 is 0 Å². The van der Waals surface area contributed by atoms with Crippen molar-refractivity contribution in [2.45, 2.75) is 0 Å². The highest BCUT2D eigenvalue weighted by Gasteiger charge is 1.38. The summed E-state index contributed by atoms with van der Waals surface area (Å²) in [5, 5.41) is 0. The van der Waals surface area contributed by atoms with Crippen LogP contribution in [0.4, 0.5) is 0 Å². The predicted octanol–water partition coefficient (Wildman–Crippen LogP) is 0.634. The van der Waals surface area contributed by atoms with Gasteiger partial charge in [-0.3, -0.25) is 4.79 Å². The number of allylic oxidation sites excluding steroid dienone is 1. The molecule has 0 fully saturated rings. The molecule has 0 aliphatic carbocycles. The summed E-state index contributed by atoms with van der Waals surface area (Å²) in [4.78, 5) is 9.06. The van der Waals surface area contributed by atoms with E-state index < -0.39 is 0 Å². The van der Waals surface area contributed by atoms with Crippen LogP contribution in [0.5, 0.6) is 0 Å². The predicted molar refractivity (Wildman–Crippen MR) is 29.2 cm³/mol. The van der Waals surface area contributed by atoms with Crippen LogP contribution < -0.4 is 0 Å². The Labute approximate surface area is 43.8 Å². The maximum atomic E-state index is 9.06. The lowest BCUT2D eigenvalue weighted by Crippen LogP contribution is -1.55. The van der Waals surface area contributed by atoms with Gasteiger partial charge < -0.3 is 4.74 Å². The Morgan fingerprint density at radius 2 is 1.71 bits per heavy atom. The monoisotopic (exact) mass is 102 g/mol. The Hall–Kier alpha value is -0.630. The second-order valence-corrected chi connectivity index (χ2v) is 0.780. The molecule has 0 bridgehead atoms. The Morgan fingerprint density at radius 3 is 1.71 bits per heavy atom. The summed E-state index contributed by atoms with van der Waals surface area (Å²) in [6, 6.07) is 0. The van der Waals surface area contributed by atoms with Crippen molar-refractivity contribution in [1.82, 2.24) is 0 Å². The molecule has 2 heteroatoms. The number of carbonyl (C=O) groups excluding carboxylic acids is 1. The van der Waals surface area contributed by atoms with Crippen LogP contribution in [0.15, 0.2) is 12.7 Å². The molecular formula is C5H10O2. The normalized spacial score (nSPS) is 5.43. The molecule has 0 amide bonds. The summed E-state index contributed by atoms with van der Waals surface area (Å²) < 4.78 is 4.25. The molecule has 0 aliphatic rings. The largest absolute Gasteiger partial charge is 0.388 e. The summed E-state index contributed by atoms with van der Waals surface area (Å²) in [6.07, 6.45) is 1.83. The highest BCUT2D eigenvalue weighted by molar-refractivity contribution is 5.63. The van der Waals surface area contributed by atoms with Gasteiger partial charge in [-0.25, -0.2) is 0 Å². The van der Waals surface area contributed by atoms with E-state index in [9.17, 15) is 0 Å². The van der Waals surface area contributed by atoms with Crippen LogP contribution in [0.1, 0.15) is 0 Å². The van der Waals surface area contributed by atoms with E-state index in [0.29, 0.717) is 6.29 Å². The van der Waals surface area contributed by atoms with E-state index in [1.807, 2.05) is 0 Å². The minimum atomic E-state index is 0.639. The molecule has 0 rings (SSSR count). The Kier molecular flexibility index (Phi) is 25.1. The van der Waals surface area contributed by atoms with Crippen molar-refractivity contribution in [3.63, 3.8) is 0 Å². The van der Waals surface area contributed by atoms with E-state index in [1.54, 1.807) is 14.2 Å². The lowest BCUT2D eigenvalue weighted by molar-refractivity contribution is -0.104. The number of hydrogen-bond donors (Lipinski definition) is 0. The topological polar surface area (TPSA) is 26.3 Å². The maximum absolute atomic E-state index is 9.06. The summed E-state index contributed by atoms with van der Waals surface area (Å²) in [5.74, 6) is 0. The van der Waals surface area contributed by atoms with Crippen molar-refractivity contribution >= 4 is 6.29 Å². The quantitative estimate of drug-likeness (QED) is 0.358. The third-order valence-electron chi connectivity index (χ3n) is 0.0962. The van der Waals surface area contributed by atoms with E-state index in [1.165, 1.54) is 6.08 Å². The van der Waals surface area contributed by atoms with Gasteiger partial charge in [-0.15, -0.1) is 0 Å². The van der Waals surface area contributed by atoms with Gasteiger partial charge >= 0.3 is 0 Å². The average molecular weight is 102 g/mol. The van der Waals surface area contributed by atoms with Crippen LogP contribution in [0.2, 0.25) is 0 Å². The summed E-state index contributed by atoms with van der Waals surface area (Å²) in [5.41, 5.74) is 0. The Balaban J connectivity index is 0. The number of ether oxygens (including phenoxy) is 1. The number of carbonyl (C=O) groups is 1. The molecule has 0 N–H and O–H groups in total. The average Bonchev–Trinajstić information content (AvgIpc) is 1.69. The number of rotatable bonds is 1. The second kappa shape index (κ2) is 18.3. The minimum absolute atomic E-state index is 0.639. The molecule has 0 aromatic heterocycles. The number of aldehydes is 1. The van der Waals surface area contributed by atoms with Gasteiger partial charge in [0.2, 0.25) is 0 Å². The number of hydrogen-bond acceptors (Lipinski definition) is 2. The molecule has 0 aromatic carbocycles. The summed E-state index contributed by atoms with van der Waals surface area (Å²) >= 11 is 0. The molecule has 0 saturated heterocycles. The van der Waals surface area contributed by atoms with Crippen LogP contribution in [0.25, 0.3) is 0 Å². The first-order valence-electron chi connectivity index (χ1n) is 1.79. The van der Waals surface area contributed by atoms with Crippen LogP contribution in [-0.4, -0.2) is 20.5 Å². The molecule has 0 aliphatic heterocycles. The lowest BCUT2D eigenvalue weighted by atomic mass is 10.8. The van der Waals surface area contributed by atoms with Crippen molar-refractivity contribution in [3.8, 4) is 0 Å². The summed E-state index contributed by atoms with van der Waals surface area (Å²) in [6.45, 7) is 3.11. The van der Waals surface area contributed by atoms with Gasteiger partial charge in [-0.05, 0) is 6.08 Å². The van der Waals surface area contributed by atoms with Crippen LogP contribution in [-0.2, 0) is 9.53 Å². The third-order valence-corrected chi connectivity index (χ3v) is 0.0962. The highest BCUT2D eigenvalue weighted by Crippen LogP contribution is 1.35. The van der Waals surface area contributed by atoms with E-state index in [-0.39, 0.29) is 0 Å². The van der Waals surface area contributed by atoms with Gasteiger partial charge in [-0.1, -0.05) is 6.58 Å². The molecule has 0 aromatic rings. The molecule has 0 radical (unpaired) electrons. The fourth-order valence-electron chi connectivity index (χ4n) is 0. The summed E-state index contributed by atoms with van der Waals surface area (Å²) in [7, 11) is 3.25. The molecule has 42 valence electrons. The third kappa shape index (κ3) is 445. The van der Waals surface area contributed by atoms with E-state index in [0.717, 1.165) is 0 Å². The Bertz CT molecular complexity index is 35.3. The van der Waals surface area contributed by atoms with Crippen LogP contribution in [0.3, 0.4) is 0 Å². The van der Waals surface area contributed by atoms with Gasteiger partial charge in [0.1, 0.15) is 6.29 Å². The molecule has 0 saturated carbocycles. The number of methoxy groups -OCH3 is 1. The first-order chi connectivity index (χ1) is 3.33. The molecule has 0 unspecified atom stereocenters. The van der Waals surface area contributed by atoms with E-state index in [4.69, 9.17) is 4.79 Å². The van der Waals surface area contributed by atoms with Crippen LogP contribution >= 0.6 is 0 Å². The van der Waals surface area contributed by atoms with Gasteiger partial charge in [0.05, 0.1) is 0 Å². The highest BCUT2D eigenvalue weighted by atomic mass is 16.4. The molecule has 0 heterocycles. The fraction of sp³-hybridized carbons (Fsp3) is 0.400. The zero-order valence-electron chi connectivity index (χ0n) is 4.68. The van der Waals surface area contributed by atoms with Crippen molar-refractivity contribution in [1.29, 1.82) is 0 Å². The molecule has 7 heavy (non-hydrogen) atoms. The minimum Gasteiger partial charge on any atom is -0.388 e. The molecule has 0 spiro atoms. The molecule has 2 nitrogen and oxygen atoms in total. The lowest BCUT2D eigenvalue weighted by Gasteiger charge is -1.61. The first kappa shape index (κ1) is 9.62. The van der Waals surface area contributed by atoms with Crippen molar-refractivity contribution in [2.24, 2.45) is 0 Å². The van der Waals surface area contributed by atoms with E-state index in [2.05, 4.69) is 11.3 Å². The van der Waals surface area contributed by atoms with Gasteiger partial charge in [0.25, 0.3) is 0 Å². The van der Waals surface area contributed by atoms with Gasteiger partial charge in [-0.2, -0.15) is 0 Å². The fourth-order valence-corrected chi connectivity index (χ4v) is 0. The van der Waals surface area contributed by atoms with Crippen molar-refractivity contribution < 1.29 is 9.53 Å². The molecular weight excluding hydrogens is 92.1 g/mol. The SMILES string of the molecule is C=CC=O.COC. The van der Waals surface area contributed by atoms with Gasteiger partial charge in [0, 0.05) is 14.2 Å². The first-order valence-corrected chi connectivity index (χ1v) is 1.79. The van der Waals surface area contributed by atoms with Gasteiger partial charge in [0.15, 0.2) is 0 Å². The second-order valence-electron chi connectivity index (χ2n) is 0.780. The maximum Gasteiger partial charge on any atom is 0.142 e. The smallest absolute Gasteiger partial charge is 0.142 e. The zero-order chi connectivity index (χ0) is 6.12. The van der Waals surface area contributed by atoms with Crippen LogP contribution in [0, 0.1) is 0 Å². The standard InChI is InChI=1S/C3H4O.C2H6O/c1-2-3-4;1-3-2/h2-3H,1H2;1-2H3.